The predicted octanol–water partition coefficient (Wildman–Crippen LogP) is 5.73. The number of esters is 2. The number of rotatable bonds is 10. The summed E-state index contributed by atoms with van der Waals surface area (Å²) in [5.74, 6) is -2.83. The smallest absolute Gasteiger partial charge is 0.410 e. The lowest BCUT2D eigenvalue weighted by molar-refractivity contribution is -0.161. The second-order valence-electron chi connectivity index (χ2n) is 14.9. The lowest BCUT2D eigenvalue weighted by Crippen LogP contribution is -2.34. The van der Waals surface area contributed by atoms with Crippen LogP contribution in [0.15, 0.2) is 85.0 Å². The first kappa shape index (κ1) is 41.5. The zero-order valence-electron chi connectivity index (χ0n) is 31.0. The van der Waals surface area contributed by atoms with E-state index >= 15 is 0 Å². The highest BCUT2D eigenvalue weighted by Gasteiger charge is 2.44. The molecule has 2 heterocycles. The Labute approximate surface area is 306 Å². The third-order valence-corrected chi connectivity index (χ3v) is 8.34. The van der Waals surface area contributed by atoms with E-state index in [0.717, 1.165) is 11.1 Å². The van der Waals surface area contributed by atoms with Crippen LogP contribution in [0.25, 0.3) is 0 Å². The molecule has 12 nitrogen and oxygen atoms in total. The summed E-state index contributed by atoms with van der Waals surface area (Å²) < 4.78 is 21.6. The number of hydrogen-bond acceptors (Lipinski definition) is 10. The summed E-state index contributed by atoms with van der Waals surface area (Å²) in [6.45, 7) is 19.1. The molecule has 2 saturated heterocycles. The number of amides is 2. The van der Waals surface area contributed by atoms with Gasteiger partial charge in [0.15, 0.2) is 0 Å². The molecule has 0 aliphatic carbocycles. The summed E-state index contributed by atoms with van der Waals surface area (Å²) in [7, 11) is 0. The standard InChI is InChI=1S/C20H27NO5.C20H25NO5/c2*1-14(12-22)16-10-21(11-17(16)18(23)26-20(2,3)4)19(24)25-13-15-8-6-5-7-9-15/h5-9,16-17,22H,1,10-13H2,2-4H3;5-9,12,16-17H,1,10-11,13H2,2-4H3/t2*16-,17+/m00/s1. The van der Waals surface area contributed by atoms with Crippen molar-refractivity contribution in [2.24, 2.45) is 23.7 Å². The molecule has 4 rings (SSSR count). The Morgan fingerprint density at radius 1 is 0.673 bits per heavy atom. The maximum atomic E-state index is 12.5. The first-order valence-corrected chi connectivity index (χ1v) is 17.2. The van der Waals surface area contributed by atoms with Gasteiger partial charge in [-0.2, -0.15) is 0 Å². The first-order chi connectivity index (χ1) is 24.4. The van der Waals surface area contributed by atoms with E-state index in [4.69, 9.17) is 18.9 Å². The summed E-state index contributed by atoms with van der Waals surface area (Å²) in [5, 5.41) is 9.42. The third kappa shape index (κ3) is 12.7. The average Bonchev–Trinajstić information content (AvgIpc) is 3.75. The molecule has 2 aliphatic heterocycles. The van der Waals surface area contributed by atoms with E-state index in [9.17, 15) is 29.1 Å². The Kier molecular flexibility index (Phi) is 14.7. The Morgan fingerprint density at radius 2 is 1.04 bits per heavy atom. The molecule has 2 fully saturated rings. The molecular formula is C40H52N2O10. The molecule has 0 unspecified atom stereocenters. The third-order valence-electron chi connectivity index (χ3n) is 8.34. The van der Waals surface area contributed by atoms with Gasteiger partial charge in [-0.05, 0) is 63.8 Å². The van der Waals surface area contributed by atoms with E-state index in [1.807, 2.05) is 60.7 Å². The summed E-state index contributed by atoms with van der Waals surface area (Å²) >= 11 is 0. The van der Waals surface area contributed by atoms with Crippen LogP contribution in [-0.2, 0) is 46.5 Å². The van der Waals surface area contributed by atoms with E-state index in [1.54, 1.807) is 41.5 Å². The number of aldehydes is 1. The summed E-state index contributed by atoms with van der Waals surface area (Å²) in [5.41, 5.74) is 1.28. The quantitative estimate of drug-likeness (QED) is 0.106. The van der Waals surface area contributed by atoms with Crippen LogP contribution in [0.2, 0.25) is 0 Å². The van der Waals surface area contributed by atoms with E-state index in [1.165, 1.54) is 9.80 Å². The summed E-state index contributed by atoms with van der Waals surface area (Å²) in [4.78, 5) is 63.8. The fourth-order valence-corrected chi connectivity index (χ4v) is 5.75. The maximum absolute atomic E-state index is 12.5. The Balaban J connectivity index is 0.000000280. The molecule has 52 heavy (non-hydrogen) atoms. The zero-order valence-corrected chi connectivity index (χ0v) is 31.0. The van der Waals surface area contributed by atoms with Crippen LogP contribution in [0, 0.1) is 23.7 Å². The normalized spacial score (nSPS) is 19.8. The molecule has 0 saturated carbocycles. The van der Waals surface area contributed by atoms with Crippen molar-refractivity contribution in [2.45, 2.75) is 66.0 Å². The van der Waals surface area contributed by atoms with Gasteiger partial charge in [0.2, 0.25) is 0 Å². The van der Waals surface area contributed by atoms with Crippen LogP contribution in [0.1, 0.15) is 52.7 Å². The van der Waals surface area contributed by atoms with Crippen molar-refractivity contribution < 1.29 is 48.0 Å². The molecule has 0 radical (unpaired) electrons. The maximum Gasteiger partial charge on any atom is 0.410 e. The molecule has 2 amide bonds. The van der Waals surface area contributed by atoms with Crippen molar-refractivity contribution in [1.82, 2.24) is 9.80 Å². The molecular weight excluding hydrogens is 668 g/mol. The average molecular weight is 721 g/mol. The number of hydrogen-bond donors (Lipinski definition) is 1. The lowest BCUT2D eigenvalue weighted by atomic mass is 9.90. The number of carbonyl (C=O) groups is 5. The molecule has 12 heteroatoms. The molecule has 1 N–H and O–H groups in total. The van der Waals surface area contributed by atoms with Crippen LogP contribution < -0.4 is 0 Å². The molecule has 0 bridgehead atoms. The Bertz CT molecular complexity index is 1560. The molecule has 0 spiro atoms. The predicted molar refractivity (Wildman–Crippen MR) is 193 cm³/mol. The highest BCUT2D eigenvalue weighted by molar-refractivity contribution is 5.81. The number of carbonyl (C=O) groups excluding carboxylic acids is 5. The van der Waals surface area contributed by atoms with Gasteiger partial charge in [0.1, 0.15) is 30.7 Å². The van der Waals surface area contributed by atoms with Crippen molar-refractivity contribution in [3.63, 3.8) is 0 Å². The van der Waals surface area contributed by atoms with Crippen LogP contribution in [0.5, 0.6) is 0 Å². The minimum Gasteiger partial charge on any atom is -0.460 e. The number of nitrogens with zero attached hydrogens (tertiary/aromatic N) is 2. The summed E-state index contributed by atoms with van der Waals surface area (Å²) in [6, 6.07) is 18.7. The Hall–Kier alpha value is -4.97. The van der Waals surface area contributed by atoms with Crippen LogP contribution in [0.3, 0.4) is 0 Å². The van der Waals surface area contributed by atoms with Gasteiger partial charge in [0.25, 0.3) is 0 Å². The number of aliphatic hydroxyl groups is 1. The second-order valence-corrected chi connectivity index (χ2v) is 14.9. The van der Waals surface area contributed by atoms with Crippen LogP contribution in [-0.4, -0.2) is 89.3 Å². The summed E-state index contributed by atoms with van der Waals surface area (Å²) in [6.07, 6.45) is -0.389. The topological polar surface area (TPSA) is 149 Å². The van der Waals surface area contributed by atoms with Crippen LogP contribution >= 0.6 is 0 Å². The number of likely N-dealkylation sites (tertiary alicyclic amines) is 2. The van der Waals surface area contributed by atoms with Gasteiger partial charge in [-0.25, -0.2) is 9.59 Å². The fraction of sp³-hybridized carbons (Fsp3) is 0.475. The van der Waals surface area contributed by atoms with Crippen molar-refractivity contribution >= 4 is 30.4 Å². The van der Waals surface area contributed by atoms with Gasteiger partial charge < -0.3 is 33.9 Å². The number of ether oxygens (including phenoxy) is 4. The molecule has 2 aliphatic rings. The fourth-order valence-electron chi connectivity index (χ4n) is 5.75. The largest absolute Gasteiger partial charge is 0.460 e. The minimum atomic E-state index is -0.647. The SMILES string of the molecule is C=C(C=O)[C@@H]1CN(C(=O)OCc2ccccc2)C[C@H]1C(=O)OC(C)(C)C.C=C(CO)[C@@H]1CN(C(=O)OCc2ccccc2)C[C@H]1C(=O)OC(C)(C)C. The van der Waals surface area contributed by atoms with Crippen molar-refractivity contribution in [2.75, 3.05) is 32.8 Å². The highest BCUT2D eigenvalue weighted by Crippen LogP contribution is 2.32. The van der Waals surface area contributed by atoms with E-state index in [-0.39, 0.29) is 57.5 Å². The monoisotopic (exact) mass is 720 g/mol. The van der Waals surface area contributed by atoms with E-state index < -0.39 is 53.1 Å². The Morgan fingerprint density at radius 3 is 1.40 bits per heavy atom. The number of aliphatic hydroxyl groups excluding tert-OH is 1. The molecule has 2 aromatic rings. The highest BCUT2D eigenvalue weighted by atomic mass is 16.6. The van der Waals surface area contributed by atoms with E-state index in [2.05, 4.69) is 13.2 Å². The molecule has 4 atom stereocenters. The van der Waals surface area contributed by atoms with Gasteiger partial charge >= 0.3 is 24.1 Å². The van der Waals surface area contributed by atoms with Gasteiger partial charge in [-0.15, -0.1) is 0 Å². The second kappa shape index (κ2) is 18.5. The van der Waals surface area contributed by atoms with Crippen molar-refractivity contribution in [3.05, 3.63) is 96.1 Å². The first-order valence-electron chi connectivity index (χ1n) is 17.2. The zero-order chi connectivity index (χ0) is 38.6. The van der Waals surface area contributed by atoms with Crippen molar-refractivity contribution in [1.29, 1.82) is 0 Å². The molecule has 2 aromatic carbocycles. The van der Waals surface area contributed by atoms with Crippen LogP contribution in [0.4, 0.5) is 9.59 Å². The number of benzene rings is 2. The van der Waals surface area contributed by atoms with Gasteiger partial charge in [0, 0.05) is 38.0 Å². The van der Waals surface area contributed by atoms with Gasteiger partial charge in [-0.3, -0.25) is 14.4 Å². The van der Waals surface area contributed by atoms with Gasteiger partial charge in [-0.1, -0.05) is 73.8 Å². The molecule has 282 valence electrons. The lowest BCUT2D eigenvalue weighted by Gasteiger charge is -2.24. The van der Waals surface area contributed by atoms with E-state index in [0.29, 0.717) is 11.9 Å². The van der Waals surface area contributed by atoms with Gasteiger partial charge in [0.05, 0.1) is 18.4 Å². The molecule has 0 aromatic heterocycles. The minimum absolute atomic E-state index is 0.139. The van der Waals surface area contributed by atoms with Crippen molar-refractivity contribution in [3.8, 4) is 0 Å².